The molecule has 3 heterocycles. The molecule has 37 heavy (non-hydrogen) atoms. The Labute approximate surface area is 214 Å². The standard InChI is InChI=1S/C20H24ClFN4O9P2/c1-10(11-2-4-12(22)5-3-11)24-13-6-16(21)25-26-14(13)7-23-20(26)19-18(28)17(27)15(35-19)8-34-37(32,33)9-36(29,30)31/h2-7,10,15,17-19,24,27-28H,8-9H2,1H3,(H,32,33)(H2,29,30,31)/t10-,15+,17+,18+,19+/m0/s1. The quantitative estimate of drug-likeness (QED) is 0.202. The number of anilines is 1. The number of aliphatic hydroxyl groups excluding tert-OH is 2. The molecule has 202 valence electrons. The molecule has 0 bridgehead atoms. The van der Waals surface area contributed by atoms with Crippen molar-refractivity contribution in [1.82, 2.24) is 14.6 Å². The van der Waals surface area contributed by atoms with Crippen molar-refractivity contribution in [3.05, 3.63) is 58.9 Å². The van der Waals surface area contributed by atoms with Crippen LogP contribution < -0.4 is 5.32 Å². The Bertz CT molecular complexity index is 1370. The van der Waals surface area contributed by atoms with Crippen LogP contribution in [-0.2, 0) is 18.4 Å². The molecule has 1 saturated heterocycles. The Morgan fingerprint density at radius 3 is 2.54 bits per heavy atom. The van der Waals surface area contributed by atoms with Gasteiger partial charge in [-0.2, -0.15) is 5.10 Å². The van der Waals surface area contributed by atoms with Gasteiger partial charge in [0.05, 0.1) is 18.5 Å². The largest absolute Gasteiger partial charge is 0.387 e. The van der Waals surface area contributed by atoms with Crippen molar-refractivity contribution in [2.45, 2.75) is 37.4 Å². The lowest BCUT2D eigenvalue weighted by atomic mass is 10.1. The Balaban J connectivity index is 1.55. The molecule has 1 unspecified atom stereocenters. The maximum absolute atomic E-state index is 13.3. The highest BCUT2D eigenvalue weighted by molar-refractivity contribution is 7.70. The fraction of sp³-hybridized carbons (Fsp3) is 0.400. The van der Waals surface area contributed by atoms with Crippen LogP contribution in [0.2, 0.25) is 5.15 Å². The van der Waals surface area contributed by atoms with E-state index in [0.29, 0.717) is 11.2 Å². The number of nitrogens with one attached hydrogen (secondary N) is 1. The molecule has 0 amide bonds. The lowest BCUT2D eigenvalue weighted by Gasteiger charge is -2.18. The van der Waals surface area contributed by atoms with Gasteiger partial charge >= 0.3 is 15.2 Å². The normalized spacial score (nSPS) is 24.8. The number of halogens is 2. The van der Waals surface area contributed by atoms with Crippen LogP contribution in [0.5, 0.6) is 0 Å². The minimum absolute atomic E-state index is 0.0615. The molecule has 13 nitrogen and oxygen atoms in total. The second kappa shape index (κ2) is 10.7. The van der Waals surface area contributed by atoms with Gasteiger partial charge in [0.1, 0.15) is 35.7 Å². The first-order chi connectivity index (χ1) is 17.2. The summed E-state index contributed by atoms with van der Waals surface area (Å²) in [4.78, 5) is 31.7. The van der Waals surface area contributed by atoms with Crippen molar-refractivity contribution in [3.63, 3.8) is 0 Å². The molecule has 1 aliphatic rings. The predicted octanol–water partition coefficient (Wildman–Crippen LogP) is 2.19. The molecule has 6 N–H and O–H groups in total. The van der Waals surface area contributed by atoms with Crippen molar-refractivity contribution in [3.8, 4) is 0 Å². The van der Waals surface area contributed by atoms with Crippen LogP contribution in [0.25, 0.3) is 5.52 Å². The van der Waals surface area contributed by atoms with Gasteiger partial charge in [0.15, 0.2) is 16.9 Å². The SMILES string of the molecule is C[C@H](Nc1cc(Cl)nn2c([C@@H]3O[C@H](COP(=O)(O)CP(=O)(O)O)[C@@H](O)[C@H]3O)ncc12)c1ccc(F)cc1. The monoisotopic (exact) mass is 580 g/mol. The summed E-state index contributed by atoms with van der Waals surface area (Å²) in [5.41, 5.74) is 1.76. The van der Waals surface area contributed by atoms with Gasteiger partial charge in [-0.25, -0.2) is 13.9 Å². The van der Waals surface area contributed by atoms with Crippen molar-refractivity contribution in [1.29, 1.82) is 0 Å². The maximum Gasteiger partial charge on any atom is 0.340 e. The van der Waals surface area contributed by atoms with Crippen LogP contribution in [0, 0.1) is 5.82 Å². The minimum atomic E-state index is -4.84. The van der Waals surface area contributed by atoms with Gasteiger partial charge in [0, 0.05) is 12.1 Å². The van der Waals surface area contributed by atoms with Crippen LogP contribution in [-0.4, -0.2) is 70.3 Å². The third-order valence-corrected chi connectivity index (χ3v) is 9.30. The first kappa shape index (κ1) is 28.1. The molecular weight excluding hydrogens is 557 g/mol. The number of aromatic nitrogens is 3. The first-order valence-corrected chi connectivity index (χ1v) is 14.8. The zero-order valence-corrected chi connectivity index (χ0v) is 21.7. The summed E-state index contributed by atoms with van der Waals surface area (Å²) < 4.78 is 47.9. The van der Waals surface area contributed by atoms with E-state index in [-0.39, 0.29) is 22.8 Å². The number of nitrogens with zero attached hydrogens (tertiary/aromatic N) is 3. The van der Waals surface area contributed by atoms with Gasteiger partial charge in [-0.3, -0.25) is 9.13 Å². The summed E-state index contributed by atoms with van der Waals surface area (Å²) in [6, 6.07) is 7.23. The van der Waals surface area contributed by atoms with E-state index in [1.807, 2.05) is 6.92 Å². The van der Waals surface area contributed by atoms with E-state index in [9.17, 15) is 28.6 Å². The van der Waals surface area contributed by atoms with E-state index < -0.39 is 52.1 Å². The Morgan fingerprint density at radius 2 is 1.89 bits per heavy atom. The fourth-order valence-electron chi connectivity index (χ4n) is 3.91. The minimum Gasteiger partial charge on any atom is -0.387 e. The first-order valence-electron chi connectivity index (χ1n) is 10.8. The number of imidazole rings is 1. The number of ether oxygens (including phenoxy) is 1. The molecule has 3 aromatic rings. The van der Waals surface area contributed by atoms with E-state index in [2.05, 4.69) is 15.4 Å². The maximum atomic E-state index is 13.3. The van der Waals surface area contributed by atoms with Gasteiger partial charge in [-0.15, -0.1) is 0 Å². The molecule has 1 aromatic carbocycles. The van der Waals surface area contributed by atoms with Crippen LogP contribution in [0.3, 0.4) is 0 Å². The Morgan fingerprint density at radius 1 is 1.22 bits per heavy atom. The zero-order valence-electron chi connectivity index (χ0n) is 19.1. The number of fused-ring (bicyclic) bond motifs is 1. The van der Waals surface area contributed by atoms with Crippen molar-refractivity contribution < 1.29 is 47.7 Å². The summed E-state index contributed by atoms with van der Waals surface area (Å²) in [5, 5.41) is 28.5. The Hall–Kier alpha value is -1.96. The van der Waals surface area contributed by atoms with Crippen molar-refractivity contribution >= 4 is 38.0 Å². The van der Waals surface area contributed by atoms with E-state index in [4.69, 9.17) is 30.6 Å². The van der Waals surface area contributed by atoms with Crippen LogP contribution in [0.4, 0.5) is 10.1 Å². The van der Waals surface area contributed by atoms with E-state index in [0.717, 1.165) is 5.56 Å². The highest BCUT2D eigenvalue weighted by Crippen LogP contribution is 2.55. The second-order valence-electron chi connectivity index (χ2n) is 8.53. The summed E-state index contributed by atoms with van der Waals surface area (Å²) in [7, 11) is -9.55. The smallest absolute Gasteiger partial charge is 0.340 e. The van der Waals surface area contributed by atoms with Crippen LogP contribution >= 0.6 is 26.8 Å². The molecule has 1 fully saturated rings. The summed E-state index contributed by atoms with van der Waals surface area (Å²) >= 11 is 6.21. The summed E-state index contributed by atoms with van der Waals surface area (Å²) in [5.74, 6) is -1.71. The molecule has 17 heteroatoms. The highest BCUT2D eigenvalue weighted by atomic mass is 35.5. The lowest BCUT2D eigenvalue weighted by Crippen LogP contribution is -2.33. The molecule has 2 aromatic heterocycles. The predicted molar refractivity (Wildman–Crippen MR) is 129 cm³/mol. The average molecular weight is 581 g/mol. The van der Waals surface area contributed by atoms with Crippen LogP contribution in [0.1, 0.15) is 30.5 Å². The topological polar surface area (TPSA) is 196 Å². The summed E-state index contributed by atoms with van der Waals surface area (Å²) in [6.07, 6.45) is -4.26. The van der Waals surface area contributed by atoms with Gasteiger partial charge in [0.2, 0.25) is 0 Å². The van der Waals surface area contributed by atoms with Gasteiger partial charge in [-0.1, -0.05) is 23.7 Å². The van der Waals surface area contributed by atoms with E-state index in [1.54, 1.807) is 18.2 Å². The Kier molecular flexibility index (Phi) is 8.08. The zero-order chi connectivity index (χ0) is 27.1. The molecule has 1 aliphatic heterocycles. The number of aliphatic hydroxyl groups is 2. The van der Waals surface area contributed by atoms with Crippen LogP contribution in [0.15, 0.2) is 36.5 Å². The number of benzene rings is 1. The third kappa shape index (κ3) is 6.55. The summed E-state index contributed by atoms with van der Waals surface area (Å²) in [6.45, 7) is 1.12. The van der Waals surface area contributed by atoms with Gasteiger partial charge in [0.25, 0.3) is 0 Å². The third-order valence-electron chi connectivity index (χ3n) is 5.66. The van der Waals surface area contributed by atoms with Gasteiger partial charge < -0.3 is 39.5 Å². The molecule has 4 rings (SSSR count). The van der Waals surface area contributed by atoms with Crippen molar-refractivity contribution in [2.24, 2.45) is 0 Å². The second-order valence-corrected chi connectivity index (χ2v) is 12.9. The fourth-order valence-corrected chi connectivity index (χ4v) is 6.66. The molecule has 0 aliphatic carbocycles. The molecule has 0 spiro atoms. The van der Waals surface area contributed by atoms with E-state index in [1.165, 1.54) is 22.8 Å². The highest BCUT2D eigenvalue weighted by Gasteiger charge is 2.46. The molecule has 0 radical (unpaired) electrons. The molecule has 6 atom stereocenters. The number of hydrogen-bond acceptors (Lipinski definition) is 9. The average Bonchev–Trinajstić information content (AvgIpc) is 3.32. The van der Waals surface area contributed by atoms with Gasteiger partial charge in [-0.05, 0) is 24.6 Å². The number of hydrogen-bond donors (Lipinski definition) is 6. The molecular formula is C20H24ClFN4O9P2. The van der Waals surface area contributed by atoms with Crippen molar-refractivity contribution in [2.75, 3.05) is 17.8 Å². The molecule has 0 saturated carbocycles. The lowest BCUT2D eigenvalue weighted by molar-refractivity contribution is -0.0217. The van der Waals surface area contributed by atoms with E-state index >= 15 is 0 Å². The number of rotatable bonds is 9.